The van der Waals surface area contributed by atoms with Crippen molar-refractivity contribution in [3.8, 4) is 5.75 Å². The van der Waals surface area contributed by atoms with Crippen LogP contribution in [-0.4, -0.2) is 34.8 Å². The fourth-order valence-electron chi connectivity index (χ4n) is 4.08. The fraction of sp³-hybridized carbons (Fsp3) is 0.185. The number of likely N-dealkylation sites (tertiary alicyclic amines) is 1. The molecule has 1 aliphatic rings. The minimum Gasteiger partial charge on any atom is -0.507 e. The van der Waals surface area contributed by atoms with Crippen molar-refractivity contribution < 1.29 is 23.8 Å². The van der Waals surface area contributed by atoms with Crippen LogP contribution in [0.1, 0.15) is 29.7 Å². The molecule has 1 unspecified atom stereocenters. The normalized spacial score (nSPS) is 17.1. The molecule has 0 aromatic heterocycles. The van der Waals surface area contributed by atoms with Crippen LogP contribution < -0.4 is 4.74 Å². The quantitative estimate of drug-likeness (QED) is 0.232. The summed E-state index contributed by atoms with van der Waals surface area (Å²) in [6.07, 6.45) is 0.396. The zero-order valence-electron chi connectivity index (χ0n) is 18.8. The smallest absolute Gasteiger partial charge is 0.295 e. The standard InChI is InChI=1S/C27H22Cl2FNO4/c1-2-35-22-15-18(7-12-21(22)29)25(32)23-24(17-5-8-19(28)9-6-17)31(27(34)26(23)33)14-13-16-3-10-20(30)11-4-16/h3-12,15,24,32H,2,13-14H2,1H3/b25-23-. The van der Waals surface area contributed by atoms with Gasteiger partial charge in [0.1, 0.15) is 17.3 Å². The number of ether oxygens (including phenoxy) is 1. The molecule has 180 valence electrons. The van der Waals surface area contributed by atoms with E-state index in [0.717, 1.165) is 5.56 Å². The van der Waals surface area contributed by atoms with Crippen molar-refractivity contribution in [3.05, 3.63) is 105 Å². The number of rotatable bonds is 7. The van der Waals surface area contributed by atoms with E-state index in [1.165, 1.54) is 23.1 Å². The second-order valence-electron chi connectivity index (χ2n) is 8.00. The van der Waals surface area contributed by atoms with Gasteiger partial charge in [0.2, 0.25) is 0 Å². The first-order valence-corrected chi connectivity index (χ1v) is 11.8. The van der Waals surface area contributed by atoms with Gasteiger partial charge in [-0.15, -0.1) is 0 Å². The molecule has 1 saturated heterocycles. The molecule has 1 heterocycles. The molecular formula is C27H22Cl2FNO4. The molecule has 5 nitrogen and oxygen atoms in total. The first-order chi connectivity index (χ1) is 16.8. The fourth-order valence-corrected chi connectivity index (χ4v) is 4.37. The van der Waals surface area contributed by atoms with Crippen LogP contribution in [0.4, 0.5) is 4.39 Å². The van der Waals surface area contributed by atoms with Crippen molar-refractivity contribution in [2.24, 2.45) is 0 Å². The maximum atomic E-state index is 13.3. The molecule has 0 aliphatic carbocycles. The summed E-state index contributed by atoms with van der Waals surface area (Å²) in [5.41, 5.74) is 1.69. The number of halogens is 3. The Bertz CT molecular complexity index is 1290. The Morgan fingerprint density at radius 2 is 1.71 bits per heavy atom. The van der Waals surface area contributed by atoms with Gasteiger partial charge in [0.05, 0.1) is 23.2 Å². The number of benzene rings is 3. The highest BCUT2D eigenvalue weighted by Gasteiger charge is 2.45. The van der Waals surface area contributed by atoms with Gasteiger partial charge in [0.15, 0.2) is 0 Å². The number of nitrogens with zero attached hydrogens (tertiary/aromatic N) is 1. The number of amides is 1. The van der Waals surface area contributed by atoms with Crippen molar-refractivity contribution in [3.63, 3.8) is 0 Å². The van der Waals surface area contributed by atoms with E-state index in [2.05, 4.69) is 0 Å². The van der Waals surface area contributed by atoms with Crippen LogP contribution in [0, 0.1) is 5.82 Å². The predicted octanol–water partition coefficient (Wildman–Crippen LogP) is 6.20. The number of ketones is 1. The molecule has 1 aliphatic heterocycles. The van der Waals surface area contributed by atoms with Crippen LogP contribution in [0.15, 0.2) is 72.3 Å². The Morgan fingerprint density at radius 3 is 2.37 bits per heavy atom. The molecule has 35 heavy (non-hydrogen) atoms. The average Bonchev–Trinajstić information content (AvgIpc) is 3.10. The molecule has 8 heteroatoms. The number of aliphatic hydroxyl groups excluding tert-OH is 1. The molecule has 3 aromatic carbocycles. The van der Waals surface area contributed by atoms with E-state index in [0.29, 0.717) is 39.9 Å². The number of carbonyl (C=O) groups excluding carboxylic acids is 2. The predicted molar refractivity (Wildman–Crippen MR) is 133 cm³/mol. The van der Waals surface area contributed by atoms with E-state index >= 15 is 0 Å². The minimum atomic E-state index is -0.834. The lowest BCUT2D eigenvalue weighted by Gasteiger charge is -2.25. The van der Waals surface area contributed by atoms with E-state index < -0.39 is 17.7 Å². The summed E-state index contributed by atoms with van der Waals surface area (Å²) < 4.78 is 18.8. The van der Waals surface area contributed by atoms with Gasteiger partial charge < -0.3 is 14.7 Å². The molecule has 0 saturated carbocycles. The van der Waals surface area contributed by atoms with E-state index in [1.807, 2.05) is 0 Å². The highest BCUT2D eigenvalue weighted by atomic mass is 35.5. The van der Waals surface area contributed by atoms with Gasteiger partial charge >= 0.3 is 0 Å². The number of hydrogen-bond donors (Lipinski definition) is 1. The third-order valence-electron chi connectivity index (χ3n) is 5.78. The third kappa shape index (κ3) is 5.19. The Kier molecular flexibility index (Phi) is 7.43. The number of carbonyl (C=O) groups is 2. The van der Waals surface area contributed by atoms with Crippen LogP contribution in [0.3, 0.4) is 0 Å². The van der Waals surface area contributed by atoms with Crippen molar-refractivity contribution in [1.82, 2.24) is 4.90 Å². The van der Waals surface area contributed by atoms with Gasteiger partial charge in [0, 0.05) is 17.1 Å². The van der Waals surface area contributed by atoms with Gasteiger partial charge in [0.25, 0.3) is 11.7 Å². The Labute approximate surface area is 212 Å². The maximum absolute atomic E-state index is 13.3. The Hall–Kier alpha value is -3.35. The van der Waals surface area contributed by atoms with Gasteiger partial charge in [-0.25, -0.2) is 4.39 Å². The molecule has 1 N–H and O–H groups in total. The summed E-state index contributed by atoms with van der Waals surface area (Å²) in [5, 5.41) is 12.1. The van der Waals surface area contributed by atoms with Crippen LogP contribution in [0.5, 0.6) is 5.75 Å². The first kappa shape index (κ1) is 24.8. The molecule has 1 amide bonds. The molecule has 0 spiro atoms. The molecule has 1 fully saturated rings. The molecule has 1 atom stereocenters. The van der Waals surface area contributed by atoms with Crippen LogP contribution in [-0.2, 0) is 16.0 Å². The minimum absolute atomic E-state index is 0.0406. The average molecular weight is 514 g/mol. The summed E-state index contributed by atoms with van der Waals surface area (Å²) in [6, 6.07) is 16.5. The summed E-state index contributed by atoms with van der Waals surface area (Å²) in [6.45, 7) is 2.35. The van der Waals surface area contributed by atoms with E-state index in [4.69, 9.17) is 27.9 Å². The van der Waals surface area contributed by atoms with Gasteiger partial charge in [-0.2, -0.15) is 0 Å². The Balaban J connectivity index is 1.78. The largest absolute Gasteiger partial charge is 0.507 e. The number of aliphatic hydroxyl groups is 1. The summed E-state index contributed by atoms with van der Waals surface area (Å²) in [5.74, 6) is -1.86. The second kappa shape index (κ2) is 10.5. The topological polar surface area (TPSA) is 66.8 Å². The van der Waals surface area contributed by atoms with E-state index in [1.54, 1.807) is 55.5 Å². The van der Waals surface area contributed by atoms with Gasteiger partial charge in [-0.1, -0.05) is 47.5 Å². The van der Waals surface area contributed by atoms with Crippen LogP contribution in [0.25, 0.3) is 5.76 Å². The van der Waals surface area contributed by atoms with Crippen LogP contribution in [0.2, 0.25) is 10.0 Å². The van der Waals surface area contributed by atoms with Gasteiger partial charge in [-0.3, -0.25) is 9.59 Å². The molecule has 0 radical (unpaired) electrons. The van der Waals surface area contributed by atoms with Crippen molar-refractivity contribution in [2.45, 2.75) is 19.4 Å². The first-order valence-electron chi connectivity index (χ1n) is 11.0. The second-order valence-corrected chi connectivity index (χ2v) is 8.84. The van der Waals surface area contributed by atoms with Crippen molar-refractivity contribution in [1.29, 1.82) is 0 Å². The highest BCUT2D eigenvalue weighted by molar-refractivity contribution is 6.46. The maximum Gasteiger partial charge on any atom is 0.295 e. The zero-order valence-corrected chi connectivity index (χ0v) is 20.3. The molecule has 3 aromatic rings. The Morgan fingerprint density at radius 1 is 1.03 bits per heavy atom. The number of hydrogen-bond acceptors (Lipinski definition) is 4. The summed E-state index contributed by atoms with van der Waals surface area (Å²) >= 11 is 12.2. The van der Waals surface area contributed by atoms with Crippen molar-refractivity contribution >= 4 is 40.7 Å². The lowest BCUT2D eigenvalue weighted by molar-refractivity contribution is -0.139. The lowest BCUT2D eigenvalue weighted by atomic mass is 9.95. The highest BCUT2D eigenvalue weighted by Crippen LogP contribution is 2.40. The van der Waals surface area contributed by atoms with E-state index in [9.17, 15) is 19.1 Å². The van der Waals surface area contributed by atoms with Crippen LogP contribution >= 0.6 is 23.2 Å². The molecular weight excluding hydrogens is 492 g/mol. The monoisotopic (exact) mass is 513 g/mol. The molecule has 0 bridgehead atoms. The van der Waals surface area contributed by atoms with E-state index in [-0.39, 0.29) is 23.7 Å². The lowest BCUT2D eigenvalue weighted by Crippen LogP contribution is -2.31. The van der Waals surface area contributed by atoms with Gasteiger partial charge in [-0.05, 0) is 66.9 Å². The zero-order chi connectivity index (χ0) is 25.1. The molecule has 4 rings (SSSR count). The SMILES string of the molecule is CCOc1cc(/C(O)=C2/C(=O)C(=O)N(CCc3ccc(F)cc3)C2c2ccc(Cl)cc2)ccc1Cl. The van der Waals surface area contributed by atoms with Crippen molar-refractivity contribution in [2.75, 3.05) is 13.2 Å². The summed E-state index contributed by atoms with van der Waals surface area (Å²) in [7, 11) is 0. The third-order valence-corrected chi connectivity index (χ3v) is 6.35. The number of Topliss-reactive ketones (excluding diaryl/α,β-unsaturated/α-hetero) is 1. The summed E-state index contributed by atoms with van der Waals surface area (Å²) in [4.78, 5) is 27.7.